The van der Waals surface area contributed by atoms with E-state index in [1.807, 2.05) is 18.2 Å². The molecule has 0 unspecified atom stereocenters. The fraction of sp³-hybridized carbons (Fsp3) is 0.357. The van der Waals surface area contributed by atoms with Gasteiger partial charge in [-0.1, -0.05) is 6.07 Å². The Labute approximate surface area is 117 Å². The lowest BCUT2D eigenvalue weighted by Gasteiger charge is -2.11. The molecule has 3 N–H and O–H groups in total. The van der Waals surface area contributed by atoms with Crippen molar-refractivity contribution in [3.63, 3.8) is 0 Å². The highest BCUT2D eigenvalue weighted by Gasteiger charge is 2.11. The molecule has 2 aromatic rings. The first-order chi connectivity index (χ1) is 9.81. The molecule has 0 saturated carbocycles. The maximum absolute atomic E-state index is 5.84. The number of aryl methyl sites for hydroxylation is 2. The van der Waals surface area contributed by atoms with Crippen LogP contribution >= 0.6 is 0 Å². The minimum Gasteiger partial charge on any atom is -0.370 e. The Morgan fingerprint density at radius 3 is 3.15 bits per heavy atom. The minimum absolute atomic E-state index is 0.356. The first-order valence-electron chi connectivity index (χ1n) is 6.84. The number of rotatable bonds is 3. The molecule has 0 radical (unpaired) electrons. The summed E-state index contributed by atoms with van der Waals surface area (Å²) < 4.78 is 2.22. The van der Waals surface area contributed by atoms with E-state index < -0.39 is 0 Å². The molecule has 2 aromatic heterocycles. The summed E-state index contributed by atoms with van der Waals surface area (Å²) in [6, 6.07) is 5.60. The molecule has 104 valence electrons. The van der Waals surface area contributed by atoms with Gasteiger partial charge in [-0.15, -0.1) is 0 Å². The monoisotopic (exact) mass is 270 g/mol. The Kier molecular flexibility index (Phi) is 3.62. The van der Waals surface area contributed by atoms with Crippen LogP contribution in [0.15, 0.2) is 35.6 Å². The predicted molar refractivity (Wildman–Crippen MR) is 78.4 cm³/mol. The van der Waals surface area contributed by atoms with Crippen molar-refractivity contribution in [2.45, 2.75) is 32.4 Å². The first kappa shape index (κ1) is 12.7. The Balaban J connectivity index is 1.63. The number of nitrogens with zero attached hydrogens (tertiary/aromatic N) is 4. The fourth-order valence-corrected chi connectivity index (χ4v) is 2.32. The Morgan fingerprint density at radius 2 is 2.35 bits per heavy atom. The zero-order chi connectivity index (χ0) is 13.8. The molecular formula is C14H18N6. The van der Waals surface area contributed by atoms with Crippen LogP contribution in [0, 0.1) is 0 Å². The summed E-state index contributed by atoms with van der Waals surface area (Å²) in [6.07, 6.45) is 7.30. The van der Waals surface area contributed by atoms with E-state index in [1.165, 1.54) is 12.8 Å². The normalized spacial score (nSPS) is 14.9. The number of aromatic nitrogens is 3. The van der Waals surface area contributed by atoms with Crippen molar-refractivity contribution in [2.24, 2.45) is 10.7 Å². The van der Waals surface area contributed by atoms with E-state index in [-0.39, 0.29) is 0 Å². The van der Waals surface area contributed by atoms with Crippen LogP contribution in [0.3, 0.4) is 0 Å². The third-order valence-corrected chi connectivity index (χ3v) is 3.29. The van der Waals surface area contributed by atoms with Crippen molar-refractivity contribution < 1.29 is 0 Å². The van der Waals surface area contributed by atoms with Gasteiger partial charge in [0.2, 0.25) is 0 Å². The second-order valence-electron chi connectivity index (χ2n) is 4.84. The van der Waals surface area contributed by atoms with Crippen molar-refractivity contribution in [2.75, 3.05) is 5.32 Å². The Hall–Kier alpha value is -2.37. The van der Waals surface area contributed by atoms with Gasteiger partial charge in [-0.05, 0) is 25.0 Å². The van der Waals surface area contributed by atoms with Crippen LogP contribution in [-0.4, -0.2) is 20.5 Å². The second kappa shape index (κ2) is 5.73. The average molecular weight is 270 g/mol. The number of anilines is 1. The molecule has 1 aliphatic heterocycles. The van der Waals surface area contributed by atoms with Crippen LogP contribution in [0.25, 0.3) is 0 Å². The van der Waals surface area contributed by atoms with Crippen molar-refractivity contribution in [1.29, 1.82) is 0 Å². The van der Waals surface area contributed by atoms with Gasteiger partial charge in [0.25, 0.3) is 0 Å². The van der Waals surface area contributed by atoms with E-state index in [0.717, 1.165) is 24.5 Å². The molecule has 1 aliphatic rings. The topological polar surface area (TPSA) is 81.1 Å². The highest BCUT2D eigenvalue weighted by molar-refractivity contribution is 5.91. The zero-order valence-corrected chi connectivity index (χ0v) is 11.3. The molecule has 3 heterocycles. The molecular weight excluding hydrogens is 252 g/mol. The lowest BCUT2D eigenvalue weighted by molar-refractivity contribution is 0.522. The van der Waals surface area contributed by atoms with Crippen LogP contribution in [0.4, 0.5) is 5.82 Å². The van der Waals surface area contributed by atoms with Gasteiger partial charge < -0.3 is 15.6 Å². The van der Waals surface area contributed by atoms with Gasteiger partial charge >= 0.3 is 0 Å². The number of nitrogens with one attached hydrogen (secondary N) is 1. The van der Waals surface area contributed by atoms with Crippen LogP contribution in [-0.2, 0) is 19.5 Å². The number of imidazole rings is 1. The van der Waals surface area contributed by atoms with E-state index in [4.69, 9.17) is 5.73 Å². The maximum Gasteiger partial charge on any atom is 0.194 e. The number of hydrogen-bond acceptors (Lipinski definition) is 3. The number of aliphatic imine (C=N–C) groups is 1. The number of guanidine groups is 1. The van der Waals surface area contributed by atoms with Crippen LogP contribution in [0.2, 0.25) is 0 Å². The standard InChI is InChI=1S/C14H18N6/c15-14(19-12-5-1-3-7-16-12)17-9-11-10-20-8-4-2-6-13(20)18-11/h1,3,5,7,10H,2,4,6,8-9H2,(H3,15,16,17,19). The molecule has 0 amide bonds. The summed E-state index contributed by atoms with van der Waals surface area (Å²) >= 11 is 0. The molecule has 0 aromatic carbocycles. The highest BCUT2D eigenvalue weighted by Crippen LogP contribution is 2.14. The molecule has 0 atom stereocenters. The van der Waals surface area contributed by atoms with Gasteiger partial charge in [-0.25, -0.2) is 15.0 Å². The summed E-state index contributed by atoms with van der Waals surface area (Å²) in [7, 11) is 0. The summed E-state index contributed by atoms with van der Waals surface area (Å²) in [5, 5.41) is 2.96. The van der Waals surface area contributed by atoms with Gasteiger partial charge in [0.05, 0.1) is 12.2 Å². The van der Waals surface area contributed by atoms with Crippen LogP contribution in [0.5, 0.6) is 0 Å². The van der Waals surface area contributed by atoms with Crippen LogP contribution < -0.4 is 11.1 Å². The lowest BCUT2D eigenvalue weighted by Crippen LogP contribution is -2.23. The quantitative estimate of drug-likeness (QED) is 0.655. The summed E-state index contributed by atoms with van der Waals surface area (Å²) in [4.78, 5) is 13.0. The summed E-state index contributed by atoms with van der Waals surface area (Å²) in [6.45, 7) is 1.55. The SMILES string of the molecule is NC(=NCc1cn2c(n1)CCCC2)Nc1ccccn1. The predicted octanol–water partition coefficient (Wildman–Crippen LogP) is 1.54. The number of hydrogen-bond donors (Lipinski definition) is 2. The minimum atomic E-state index is 0.356. The zero-order valence-electron chi connectivity index (χ0n) is 11.3. The summed E-state index contributed by atoms with van der Waals surface area (Å²) in [5.74, 6) is 2.21. The molecule has 3 rings (SSSR count). The van der Waals surface area contributed by atoms with Crippen molar-refractivity contribution in [1.82, 2.24) is 14.5 Å². The fourth-order valence-electron chi connectivity index (χ4n) is 2.32. The first-order valence-corrected chi connectivity index (χ1v) is 6.84. The lowest BCUT2D eigenvalue weighted by atomic mass is 10.2. The van der Waals surface area contributed by atoms with Crippen molar-refractivity contribution >= 4 is 11.8 Å². The maximum atomic E-state index is 5.84. The van der Waals surface area contributed by atoms with E-state index in [0.29, 0.717) is 18.3 Å². The smallest absolute Gasteiger partial charge is 0.194 e. The van der Waals surface area contributed by atoms with E-state index in [9.17, 15) is 0 Å². The van der Waals surface area contributed by atoms with Gasteiger partial charge in [0, 0.05) is 25.4 Å². The Morgan fingerprint density at radius 1 is 1.40 bits per heavy atom. The molecule has 0 saturated heterocycles. The van der Waals surface area contributed by atoms with E-state index in [1.54, 1.807) is 6.20 Å². The van der Waals surface area contributed by atoms with Gasteiger partial charge in [0.1, 0.15) is 11.6 Å². The third kappa shape index (κ3) is 2.96. The molecule has 6 heteroatoms. The van der Waals surface area contributed by atoms with Crippen LogP contribution in [0.1, 0.15) is 24.4 Å². The molecule has 0 spiro atoms. The second-order valence-corrected chi connectivity index (χ2v) is 4.84. The van der Waals surface area contributed by atoms with Gasteiger partial charge in [0.15, 0.2) is 5.96 Å². The van der Waals surface area contributed by atoms with E-state index in [2.05, 4.69) is 31.0 Å². The largest absolute Gasteiger partial charge is 0.370 e. The van der Waals surface area contributed by atoms with Crippen molar-refractivity contribution in [3.05, 3.63) is 42.1 Å². The molecule has 6 nitrogen and oxygen atoms in total. The third-order valence-electron chi connectivity index (χ3n) is 3.29. The van der Waals surface area contributed by atoms with Gasteiger partial charge in [-0.3, -0.25) is 0 Å². The molecule has 0 aliphatic carbocycles. The summed E-state index contributed by atoms with van der Waals surface area (Å²) in [5.41, 5.74) is 6.81. The highest BCUT2D eigenvalue weighted by atomic mass is 15.1. The molecule has 0 fully saturated rings. The van der Waals surface area contributed by atoms with E-state index >= 15 is 0 Å². The molecule has 0 bridgehead atoms. The van der Waals surface area contributed by atoms with Gasteiger partial charge in [-0.2, -0.15) is 0 Å². The molecule has 20 heavy (non-hydrogen) atoms. The number of nitrogens with two attached hydrogens (primary N) is 1. The Bertz CT molecular complexity index is 578. The van der Waals surface area contributed by atoms with Crippen molar-refractivity contribution in [3.8, 4) is 0 Å². The average Bonchev–Trinajstić information content (AvgIpc) is 2.89. The number of pyridine rings is 1. The number of fused-ring (bicyclic) bond motifs is 1.